The summed E-state index contributed by atoms with van der Waals surface area (Å²) < 4.78 is 9.04. The van der Waals surface area contributed by atoms with E-state index < -0.39 is 0 Å². The van der Waals surface area contributed by atoms with Crippen molar-refractivity contribution in [3.8, 4) is 11.4 Å². The summed E-state index contributed by atoms with van der Waals surface area (Å²) in [6.45, 7) is 0. The van der Waals surface area contributed by atoms with E-state index in [0.29, 0.717) is 22.5 Å². The molecule has 5 aromatic rings. The average Bonchev–Trinajstić information content (AvgIpc) is 3.19. The van der Waals surface area contributed by atoms with Gasteiger partial charge in [0.1, 0.15) is 11.6 Å². The molecule has 154 valence electrons. The molecule has 7 heteroatoms. The molecule has 0 radical (unpaired) electrons. The number of hydrogen-bond donors (Lipinski definition) is 0. The molecule has 2 heterocycles. The van der Waals surface area contributed by atoms with E-state index in [2.05, 4.69) is 10.6 Å². The highest BCUT2D eigenvalue weighted by molar-refractivity contribution is 7.98. The number of thioether (sulfide) groups is 1. The van der Waals surface area contributed by atoms with Crippen LogP contribution in [0, 0.1) is 0 Å². The van der Waals surface area contributed by atoms with Crippen LogP contribution >= 0.6 is 11.8 Å². The molecule has 0 fully saturated rings. The quantitative estimate of drug-likeness (QED) is 0.384. The van der Waals surface area contributed by atoms with E-state index in [0.717, 1.165) is 27.6 Å². The summed E-state index contributed by atoms with van der Waals surface area (Å²) in [5, 5.41) is 1.47. The lowest BCUT2D eigenvalue weighted by molar-refractivity contribution is 0.414. The molecule has 0 aliphatic carbocycles. The summed E-state index contributed by atoms with van der Waals surface area (Å²) in [5.74, 6) is 2.04. The van der Waals surface area contributed by atoms with Crippen LogP contribution < -0.4 is 10.3 Å². The van der Waals surface area contributed by atoms with Crippen LogP contribution in [-0.4, -0.2) is 26.2 Å². The van der Waals surface area contributed by atoms with Crippen LogP contribution in [0.4, 0.5) is 0 Å². The van der Waals surface area contributed by atoms with Crippen LogP contribution in [-0.2, 0) is 12.8 Å². The molecular weight excluding hydrogens is 408 g/mol. The third-order valence-corrected chi connectivity index (χ3v) is 6.20. The van der Waals surface area contributed by atoms with E-state index in [1.54, 1.807) is 30.5 Å². The third-order valence-electron chi connectivity index (χ3n) is 5.27. The zero-order valence-electron chi connectivity index (χ0n) is 17.1. The van der Waals surface area contributed by atoms with Gasteiger partial charge in [0.25, 0.3) is 5.56 Å². The van der Waals surface area contributed by atoms with Gasteiger partial charge < -0.3 is 4.74 Å². The number of para-hydroxylation sites is 3. The third kappa shape index (κ3) is 3.47. The molecule has 31 heavy (non-hydrogen) atoms. The first-order chi connectivity index (χ1) is 15.2. The summed E-state index contributed by atoms with van der Waals surface area (Å²) in [6, 6.07) is 23.4. The largest absolute Gasteiger partial charge is 0.497 e. The number of methoxy groups -OCH3 is 1. The predicted molar refractivity (Wildman–Crippen MR) is 124 cm³/mol. The van der Waals surface area contributed by atoms with E-state index in [1.165, 1.54) is 0 Å². The minimum atomic E-state index is -0.0372. The minimum absolute atomic E-state index is 0.0372. The Bertz CT molecular complexity index is 1450. The van der Waals surface area contributed by atoms with Crippen LogP contribution in [0.15, 0.2) is 82.7 Å². The van der Waals surface area contributed by atoms with Crippen molar-refractivity contribution in [2.75, 3.05) is 7.11 Å². The van der Waals surface area contributed by atoms with Crippen molar-refractivity contribution in [1.82, 2.24) is 19.1 Å². The first-order valence-corrected chi connectivity index (χ1v) is 10.8. The number of benzene rings is 3. The highest BCUT2D eigenvalue weighted by Crippen LogP contribution is 2.30. The average molecular weight is 429 g/mol. The van der Waals surface area contributed by atoms with Crippen molar-refractivity contribution in [3.05, 3.63) is 89.0 Å². The zero-order chi connectivity index (χ0) is 21.4. The molecule has 6 nitrogen and oxygen atoms in total. The van der Waals surface area contributed by atoms with Gasteiger partial charge in [-0.3, -0.25) is 13.9 Å². The topological polar surface area (TPSA) is 61.9 Å². The second-order valence-corrected chi connectivity index (χ2v) is 8.06. The number of nitrogens with zero attached hydrogens (tertiary/aromatic N) is 4. The fraction of sp³-hybridized carbons (Fsp3) is 0.125. The van der Waals surface area contributed by atoms with Gasteiger partial charge in [-0.15, -0.1) is 0 Å². The van der Waals surface area contributed by atoms with Gasteiger partial charge in [0.05, 0.1) is 34.8 Å². The van der Waals surface area contributed by atoms with Crippen LogP contribution in [0.3, 0.4) is 0 Å². The maximum atomic E-state index is 12.7. The number of ether oxygens (including phenoxy) is 1. The predicted octanol–water partition coefficient (Wildman–Crippen LogP) is 4.57. The summed E-state index contributed by atoms with van der Waals surface area (Å²) in [4.78, 5) is 22.3. The fourth-order valence-electron chi connectivity index (χ4n) is 3.60. The lowest BCUT2D eigenvalue weighted by Gasteiger charge is -2.11. The Morgan fingerprint density at radius 2 is 1.61 bits per heavy atom. The van der Waals surface area contributed by atoms with Gasteiger partial charge in [-0.05, 0) is 48.5 Å². The molecular formula is C24H20N4O2S. The molecule has 0 unspecified atom stereocenters. The van der Waals surface area contributed by atoms with Crippen LogP contribution in [0.2, 0.25) is 0 Å². The Morgan fingerprint density at radius 3 is 2.39 bits per heavy atom. The molecule has 0 saturated heterocycles. The molecule has 2 aromatic heterocycles. The van der Waals surface area contributed by atoms with Crippen LogP contribution in [0.1, 0.15) is 5.82 Å². The molecule has 0 atom stereocenters. The zero-order valence-corrected chi connectivity index (χ0v) is 18.0. The van der Waals surface area contributed by atoms with Crippen molar-refractivity contribution >= 4 is 33.7 Å². The molecule has 0 aliphatic heterocycles. The minimum Gasteiger partial charge on any atom is -0.497 e. The first-order valence-electron chi connectivity index (χ1n) is 9.85. The number of hydrogen-bond acceptors (Lipinski definition) is 5. The Morgan fingerprint density at radius 1 is 0.903 bits per heavy atom. The highest BCUT2D eigenvalue weighted by Gasteiger charge is 2.15. The summed E-state index contributed by atoms with van der Waals surface area (Å²) in [5.41, 5.74) is 3.61. The second-order valence-electron chi connectivity index (χ2n) is 7.11. The van der Waals surface area contributed by atoms with Gasteiger partial charge in [-0.1, -0.05) is 36.0 Å². The molecule has 3 aromatic carbocycles. The first kappa shape index (κ1) is 19.4. The molecule has 5 rings (SSSR count). The second kappa shape index (κ2) is 7.92. The van der Waals surface area contributed by atoms with Crippen LogP contribution in [0.25, 0.3) is 27.6 Å². The van der Waals surface area contributed by atoms with Crippen molar-refractivity contribution in [1.29, 1.82) is 0 Å². The van der Waals surface area contributed by atoms with Gasteiger partial charge in [-0.25, -0.2) is 9.97 Å². The van der Waals surface area contributed by atoms with Crippen molar-refractivity contribution in [3.63, 3.8) is 0 Å². The van der Waals surface area contributed by atoms with Gasteiger partial charge in [0.15, 0.2) is 5.16 Å². The SMILES string of the molecule is COc1ccc(-n2c(SCc3nc4ccccc4c(=O)n3C)nc3ccccc32)cc1. The molecule has 0 bridgehead atoms. The van der Waals surface area contributed by atoms with Crippen molar-refractivity contribution in [2.45, 2.75) is 10.9 Å². The smallest absolute Gasteiger partial charge is 0.261 e. The van der Waals surface area contributed by atoms with E-state index in [1.807, 2.05) is 66.7 Å². The summed E-state index contributed by atoms with van der Waals surface area (Å²) in [7, 11) is 3.42. The standard InChI is InChI=1S/C24H20N4O2S/c1-27-22(25-19-8-4-3-7-18(19)23(27)29)15-31-24-26-20-9-5-6-10-21(20)28(24)16-11-13-17(30-2)14-12-16/h3-14H,15H2,1-2H3. The lowest BCUT2D eigenvalue weighted by atomic mass is 10.2. The maximum Gasteiger partial charge on any atom is 0.261 e. The Kier molecular flexibility index (Phi) is 4.95. The number of fused-ring (bicyclic) bond motifs is 2. The number of imidazole rings is 1. The molecule has 0 aliphatic rings. The molecule has 0 amide bonds. The van der Waals surface area contributed by atoms with E-state index in [-0.39, 0.29) is 5.56 Å². The monoisotopic (exact) mass is 428 g/mol. The van der Waals surface area contributed by atoms with Gasteiger partial charge in [-0.2, -0.15) is 0 Å². The maximum absolute atomic E-state index is 12.7. The Balaban J connectivity index is 1.56. The lowest BCUT2D eigenvalue weighted by Crippen LogP contribution is -2.21. The summed E-state index contributed by atoms with van der Waals surface area (Å²) >= 11 is 1.56. The Hall–Kier alpha value is -3.58. The number of rotatable bonds is 5. The van der Waals surface area contributed by atoms with Crippen LogP contribution in [0.5, 0.6) is 5.75 Å². The van der Waals surface area contributed by atoms with Gasteiger partial charge in [0, 0.05) is 12.7 Å². The van der Waals surface area contributed by atoms with E-state index >= 15 is 0 Å². The van der Waals surface area contributed by atoms with E-state index in [9.17, 15) is 4.79 Å². The Labute approximate surface area is 183 Å². The van der Waals surface area contributed by atoms with Crippen molar-refractivity contribution in [2.24, 2.45) is 7.05 Å². The molecule has 0 saturated carbocycles. The molecule has 0 spiro atoms. The van der Waals surface area contributed by atoms with E-state index in [4.69, 9.17) is 14.7 Å². The molecule has 0 N–H and O–H groups in total. The van der Waals surface area contributed by atoms with Gasteiger partial charge >= 0.3 is 0 Å². The summed E-state index contributed by atoms with van der Waals surface area (Å²) in [6.07, 6.45) is 0. The normalized spacial score (nSPS) is 11.3. The fourth-order valence-corrected chi connectivity index (χ4v) is 4.62. The van der Waals surface area contributed by atoms with Crippen molar-refractivity contribution < 1.29 is 4.74 Å². The highest BCUT2D eigenvalue weighted by atomic mass is 32.2. The van der Waals surface area contributed by atoms with Gasteiger partial charge in [0.2, 0.25) is 0 Å². The number of aromatic nitrogens is 4.